The number of sulfonamides is 1. The van der Waals surface area contributed by atoms with Crippen molar-refractivity contribution in [3.63, 3.8) is 0 Å². The molecule has 1 aromatic heterocycles. The van der Waals surface area contributed by atoms with Crippen LogP contribution in [0.25, 0.3) is 0 Å². The normalized spacial score (nSPS) is 13.3. The third-order valence-corrected chi connectivity index (χ3v) is 6.49. The van der Waals surface area contributed by atoms with Gasteiger partial charge >= 0.3 is 11.0 Å². The number of aromatic nitrogens is 1. The Labute approximate surface area is 124 Å². The van der Waals surface area contributed by atoms with Gasteiger partial charge in [0.05, 0.1) is 0 Å². The molecule has 0 bridgehead atoms. The molecule has 0 aromatic carbocycles. The maximum atomic E-state index is 12.7. The van der Waals surface area contributed by atoms with E-state index in [2.05, 4.69) is 4.98 Å². The molecule has 1 heterocycles. The van der Waals surface area contributed by atoms with Gasteiger partial charge in [-0.15, -0.1) is 0 Å². The third-order valence-electron chi connectivity index (χ3n) is 3.01. The van der Waals surface area contributed by atoms with E-state index in [9.17, 15) is 26.4 Å². The molecule has 21 heavy (non-hydrogen) atoms. The molecule has 0 fully saturated rings. The molecule has 0 unspecified atom stereocenters. The highest BCUT2D eigenvalue weighted by Gasteiger charge is 2.41. The first-order valence-corrected chi connectivity index (χ1v) is 8.56. The highest BCUT2D eigenvalue weighted by atomic mass is 32.2. The summed E-state index contributed by atoms with van der Waals surface area (Å²) in [4.78, 5) is 12.9. The van der Waals surface area contributed by atoms with Crippen LogP contribution in [0.3, 0.4) is 0 Å². The first-order valence-electron chi connectivity index (χ1n) is 6.31. The molecule has 0 saturated heterocycles. The van der Waals surface area contributed by atoms with Crippen molar-refractivity contribution in [1.82, 2.24) is 9.29 Å². The molecule has 0 saturated carbocycles. The number of aryl methyl sites for hydroxylation is 1. The lowest BCUT2D eigenvalue weighted by Gasteiger charge is -2.29. The molecule has 1 N–H and O–H groups in total. The van der Waals surface area contributed by atoms with Gasteiger partial charge in [-0.05, 0) is 19.8 Å². The van der Waals surface area contributed by atoms with Crippen LogP contribution in [-0.2, 0) is 10.0 Å². The number of aromatic amines is 1. The molecule has 0 amide bonds. The zero-order valence-electron chi connectivity index (χ0n) is 11.8. The van der Waals surface area contributed by atoms with Crippen molar-refractivity contribution in [2.24, 2.45) is 0 Å². The molecular weight excluding hydrogens is 329 g/mol. The van der Waals surface area contributed by atoms with Crippen molar-refractivity contribution in [3.05, 3.63) is 15.4 Å². The quantitative estimate of drug-likeness (QED) is 0.860. The number of alkyl halides is 3. The molecule has 122 valence electrons. The maximum absolute atomic E-state index is 12.7. The summed E-state index contributed by atoms with van der Waals surface area (Å²) in [5, 5.41) is 0. The first kappa shape index (κ1) is 18.2. The molecule has 0 aliphatic carbocycles. The molecule has 5 nitrogen and oxygen atoms in total. The standard InChI is InChI=1S/C11H17F3N2O3S2/c1-4-8(5-2)16(6-11(12,13)14)21(18,19)9-7(3)15-10(17)20-9/h8H,4-6H2,1-3H3,(H,15,17). The number of rotatable bonds is 6. The van der Waals surface area contributed by atoms with E-state index in [-0.39, 0.29) is 22.7 Å². The van der Waals surface area contributed by atoms with Crippen LogP contribution >= 0.6 is 11.3 Å². The maximum Gasteiger partial charge on any atom is 0.402 e. The van der Waals surface area contributed by atoms with E-state index in [1.807, 2.05) is 0 Å². The number of nitrogens with one attached hydrogen (secondary N) is 1. The Morgan fingerprint density at radius 1 is 1.29 bits per heavy atom. The molecule has 0 aliphatic rings. The zero-order chi connectivity index (χ0) is 16.4. The summed E-state index contributed by atoms with van der Waals surface area (Å²) >= 11 is 0.406. The Hall–Kier alpha value is -0.870. The fourth-order valence-corrected chi connectivity index (χ4v) is 5.20. The van der Waals surface area contributed by atoms with Gasteiger partial charge in [0.1, 0.15) is 6.54 Å². The molecule has 1 aromatic rings. The fourth-order valence-electron chi connectivity index (χ4n) is 2.03. The lowest BCUT2D eigenvalue weighted by atomic mass is 10.2. The van der Waals surface area contributed by atoms with Crippen LogP contribution in [0.2, 0.25) is 0 Å². The molecule has 0 spiro atoms. The summed E-state index contributed by atoms with van der Waals surface area (Å²) in [5.74, 6) is 0. The molecule has 0 aliphatic heterocycles. The number of nitrogens with zero attached hydrogens (tertiary/aromatic N) is 1. The second kappa shape index (κ2) is 6.49. The van der Waals surface area contributed by atoms with Crippen molar-refractivity contribution >= 4 is 21.4 Å². The number of hydrogen-bond acceptors (Lipinski definition) is 4. The minimum absolute atomic E-state index is 0.0585. The first-order chi connectivity index (χ1) is 9.52. The minimum atomic E-state index is -4.65. The van der Waals surface area contributed by atoms with Crippen molar-refractivity contribution in [1.29, 1.82) is 0 Å². The number of hydrogen-bond donors (Lipinski definition) is 1. The van der Waals surface area contributed by atoms with Crippen LogP contribution in [0.15, 0.2) is 9.00 Å². The summed E-state index contributed by atoms with van der Waals surface area (Å²) in [6, 6.07) is -0.770. The van der Waals surface area contributed by atoms with Crippen molar-refractivity contribution < 1.29 is 21.6 Å². The highest BCUT2D eigenvalue weighted by Crippen LogP contribution is 2.29. The Balaban J connectivity index is 3.36. The van der Waals surface area contributed by atoms with E-state index < -0.39 is 33.7 Å². The van der Waals surface area contributed by atoms with Crippen LogP contribution in [0, 0.1) is 6.92 Å². The molecule has 10 heteroatoms. The monoisotopic (exact) mass is 346 g/mol. The van der Waals surface area contributed by atoms with Gasteiger partial charge in [-0.25, -0.2) is 8.42 Å². The predicted octanol–water partition coefficient (Wildman–Crippen LogP) is 2.49. The average molecular weight is 346 g/mol. The third kappa shape index (κ3) is 4.30. The lowest BCUT2D eigenvalue weighted by molar-refractivity contribution is -0.139. The van der Waals surface area contributed by atoms with Crippen molar-refractivity contribution in [2.75, 3.05) is 6.54 Å². The van der Waals surface area contributed by atoms with Crippen LogP contribution < -0.4 is 4.87 Å². The summed E-state index contributed by atoms with van der Waals surface area (Å²) in [6.07, 6.45) is -4.14. The minimum Gasteiger partial charge on any atom is -0.315 e. The van der Waals surface area contributed by atoms with E-state index in [0.29, 0.717) is 15.6 Å². The number of thiazole rings is 1. The van der Waals surface area contributed by atoms with E-state index in [1.165, 1.54) is 6.92 Å². The van der Waals surface area contributed by atoms with Gasteiger partial charge in [0.25, 0.3) is 10.0 Å². The largest absolute Gasteiger partial charge is 0.402 e. The molecule has 0 radical (unpaired) electrons. The smallest absolute Gasteiger partial charge is 0.315 e. The Bertz CT molecular complexity index is 630. The Kier molecular flexibility index (Phi) is 5.62. The van der Waals surface area contributed by atoms with Gasteiger partial charge < -0.3 is 4.98 Å². The van der Waals surface area contributed by atoms with Crippen LogP contribution in [0.4, 0.5) is 13.2 Å². The average Bonchev–Trinajstić information content (AvgIpc) is 2.68. The van der Waals surface area contributed by atoms with E-state index in [0.717, 1.165) is 0 Å². The van der Waals surface area contributed by atoms with Gasteiger partial charge in [0.15, 0.2) is 4.21 Å². The fraction of sp³-hybridized carbons (Fsp3) is 0.727. The van der Waals surface area contributed by atoms with Crippen LogP contribution in [-0.4, -0.2) is 36.5 Å². The molecular formula is C11H17F3N2O3S2. The summed E-state index contributed by atoms with van der Waals surface area (Å²) in [6.45, 7) is 3.04. The molecule has 1 rings (SSSR count). The van der Waals surface area contributed by atoms with Gasteiger partial charge in [0.2, 0.25) is 0 Å². The lowest BCUT2D eigenvalue weighted by Crippen LogP contribution is -2.45. The summed E-state index contributed by atoms with van der Waals surface area (Å²) in [7, 11) is -4.37. The molecule has 0 atom stereocenters. The number of H-pyrrole nitrogens is 1. The van der Waals surface area contributed by atoms with Crippen molar-refractivity contribution in [2.45, 2.75) is 50.0 Å². The van der Waals surface area contributed by atoms with Gasteiger partial charge in [-0.3, -0.25) is 4.79 Å². The number of halogens is 3. The van der Waals surface area contributed by atoms with E-state index in [4.69, 9.17) is 0 Å². The van der Waals surface area contributed by atoms with Crippen LogP contribution in [0.5, 0.6) is 0 Å². The Morgan fingerprint density at radius 2 is 1.81 bits per heavy atom. The van der Waals surface area contributed by atoms with E-state index >= 15 is 0 Å². The topological polar surface area (TPSA) is 70.2 Å². The summed E-state index contributed by atoms with van der Waals surface area (Å²) in [5.41, 5.74) is 0.0585. The van der Waals surface area contributed by atoms with Crippen molar-refractivity contribution in [3.8, 4) is 0 Å². The predicted molar refractivity (Wildman–Crippen MR) is 74.0 cm³/mol. The second-order valence-corrected chi connectivity index (χ2v) is 7.63. The van der Waals surface area contributed by atoms with Gasteiger partial charge in [-0.2, -0.15) is 17.5 Å². The zero-order valence-corrected chi connectivity index (χ0v) is 13.5. The SMILES string of the molecule is CCC(CC)N(CC(F)(F)F)S(=O)(=O)c1sc(=O)[nH]c1C. The summed E-state index contributed by atoms with van der Waals surface area (Å²) < 4.78 is 63.2. The highest BCUT2D eigenvalue weighted by molar-refractivity contribution is 7.91. The second-order valence-electron chi connectivity index (χ2n) is 4.56. The van der Waals surface area contributed by atoms with Crippen LogP contribution in [0.1, 0.15) is 32.4 Å². The van der Waals surface area contributed by atoms with Gasteiger partial charge in [0, 0.05) is 11.7 Å². The van der Waals surface area contributed by atoms with Gasteiger partial charge in [-0.1, -0.05) is 25.2 Å². The Morgan fingerprint density at radius 3 is 2.14 bits per heavy atom. The van der Waals surface area contributed by atoms with E-state index in [1.54, 1.807) is 13.8 Å².